The topological polar surface area (TPSA) is 63.6 Å². The van der Waals surface area contributed by atoms with Crippen LogP contribution in [0.4, 0.5) is 0 Å². The van der Waals surface area contributed by atoms with E-state index in [1.165, 1.54) is 77.0 Å². The molecule has 32 heavy (non-hydrogen) atoms. The number of ether oxygens (including phenoxy) is 1. The number of likely N-dealkylation sites (N-methyl/N-ethyl adjacent to an activating group) is 1. The smallest absolute Gasteiger partial charge is 0.307 e. The summed E-state index contributed by atoms with van der Waals surface area (Å²) in [7, 11) is 5.90. The fraction of sp³-hybridized carbons (Fsp3) is 0.852. The molecule has 0 heterocycles. The zero-order chi connectivity index (χ0) is 24.1. The summed E-state index contributed by atoms with van der Waals surface area (Å²) in [5.74, 6) is -1.19. The van der Waals surface area contributed by atoms with Crippen LogP contribution in [-0.2, 0) is 14.3 Å². The minimum absolute atomic E-state index is 0.129. The molecule has 1 unspecified atom stereocenters. The molecular formula is C27H52NO4+. The van der Waals surface area contributed by atoms with Crippen molar-refractivity contribution in [3.05, 3.63) is 12.2 Å². The Morgan fingerprint density at radius 2 is 1.25 bits per heavy atom. The van der Waals surface area contributed by atoms with Gasteiger partial charge in [-0.25, -0.2) is 0 Å². The first kappa shape index (κ1) is 30.6. The highest BCUT2D eigenvalue weighted by molar-refractivity contribution is 5.71. The Kier molecular flexibility index (Phi) is 19.4. The number of carboxylic acids is 1. The van der Waals surface area contributed by atoms with Crippen LogP contribution in [0.5, 0.6) is 0 Å². The van der Waals surface area contributed by atoms with E-state index in [4.69, 9.17) is 9.84 Å². The van der Waals surface area contributed by atoms with Gasteiger partial charge in [0, 0.05) is 6.42 Å². The monoisotopic (exact) mass is 454 g/mol. The van der Waals surface area contributed by atoms with Crippen molar-refractivity contribution >= 4 is 11.9 Å². The van der Waals surface area contributed by atoms with Crippen molar-refractivity contribution < 1.29 is 23.9 Å². The molecule has 0 saturated heterocycles. The molecule has 0 bridgehead atoms. The normalized spacial score (nSPS) is 12.9. The molecule has 5 nitrogen and oxygen atoms in total. The number of aliphatic carboxylic acids is 1. The van der Waals surface area contributed by atoms with Crippen molar-refractivity contribution in [2.45, 2.75) is 122 Å². The van der Waals surface area contributed by atoms with Crippen LogP contribution in [0, 0.1) is 0 Å². The minimum Gasteiger partial charge on any atom is -0.481 e. The zero-order valence-electron chi connectivity index (χ0n) is 21.6. The van der Waals surface area contributed by atoms with Crippen LogP contribution in [-0.4, -0.2) is 55.3 Å². The Balaban J connectivity index is 3.58. The van der Waals surface area contributed by atoms with E-state index < -0.39 is 12.1 Å². The van der Waals surface area contributed by atoms with Gasteiger partial charge < -0.3 is 14.3 Å². The van der Waals surface area contributed by atoms with Crippen LogP contribution in [0.2, 0.25) is 0 Å². The van der Waals surface area contributed by atoms with Gasteiger partial charge in [0.2, 0.25) is 0 Å². The fourth-order valence-electron chi connectivity index (χ4n) is 3.89. The van der Waals surface area contributed by atoms with Gasteiger partial charge in [-0.05, 0) is 32.1 Å². The molecule has 0 rings (SSSR count). The van der Waals surface area contributed by atoms with Crippen LogP contribution in [0.1, 0.15) is 116 Å². The number of unbranched alkanes of at least 4 members (excludes halogenated alkanes) is 13. The largest absolute Gasteiger partial charge is 0.481 e. The summed E-state index contributed by atoms with van der Waals surface area (Å²) in [6, 6.07) is 0. The Morgan fingerprint density at radius 3 is 1.72 bits per heavy atom. The molecule has 0 saturated carbocycles. The summed E-state index contributed by atoms with van der Waals surface area (Å²) in [4.78, 5) is 23.1. The molecule has 188 valence electrons. The average molecular weight is 455 g/mol. The van der Waals surface area contributed by atoms with E-state index in [0.29, 0.717) is 17.4 Å². The highest BCUT2D eigenvalue weighted by atomic mass is 16.5. The van der Waals surface area contributed by atoms with E-state index in [2.05, 4.69) is 19.1 Å². The molecule has 1 atom stereocenters. The molecule has 0 aromatic carbocycles. The molecule has 5 heteroatoms. The third-order valence-corrected chi connectivity index (χ3v) is 5.59. The predicted octanol–water partition coefficient (Wildman–Crippen LogP) is 6.90. The van der Waals surface area contributed by atoms with Crippen LogP contribution in [0.3, 0.4) is 0 Å². The lowest BCUT2D eigenvalue weighted by molar-refractivity contribution is -0.873. The third kappa shape index (κ3) is 23.3. The maximum absolute atomic E-state index is 12.1. The Labute approximate surface area is 198 Å². The van der Waals surface area contributed by atoms with Gasteiger partial charge in [-0.15, -0.1) is 0 Å². The Hall–Kier alpha value is -1.36. The first-order valence-corrected chi connectivity index (χ1v) is 13.1. The second-order valence-corrected chi connectivity index (χ2v) is 10.2. The molecule has 0 aliphatic heterocycles. The fourth-order valence-corrected chi connectivity index (χ4v) is 3.89. The van der Waals surface area contributed by atoms with Gasteiger partial charge in [-0.3, -0.25) is 9.59 Å². The van der Waals surface area contributed by atoms with E-state index in [9.17, 15) is 9.59 Å². The summed E-state index contributed by atoms with van der Waals surface area (Å²) in [6.45, 7) is 2.77. The molecule has 0 aliphatic rings. The molecular weight excluding hydrogens is 402 g/mol. The van der Waals surface area contributed by atoms with E-state index in [1.54, 1.807) is 0 Å². The van der Waals surface area contributed by atoms with Gasteiger partial charge in [-0.1, -0.05) is 83.3 Å². The number of hydrogen-bond acceptors (Lipinski definition) is 3. The van der Waals surface area contributed by atoms with Gasteiger partial charge in [0.25, 0.3) is 0 Å². The number of allylic oxidation sites excluding steroid dienone is 2. The van der Waals surface area contributed by atoms with Crippen LogP contribution < -0.4 is 0 Å². The third-order valence-electron chi connectivity index (χ3n) is 5.59. The van der Waals surface area contributed by atoms with Crippen molar-refractivity contribution in [2.24, 2.45) is 0 Å². The lowest BCUT2D eigenvalue weighted by Gasteiger charge is -2.28. The summed E-state index contributed by atoms with van der Waals surface area (Å²) < 4.78 is 5.99. The van der Waals surface area contributed by atoms with Crippen molar-refractivity contribution in [3.8, 4) is 0 Å². The standard InChI is InChI=1S/C27H51NO4/c1-5-6-7-8-9-10-11-12-13-14-15-16-17-18-19-20-21-22-27(31)32-25(23-26(29)30)24-28(2,3)4/h12-13,25H,5-11,14-24H2,1-4H3/p+1/b13-12-. The van der Waals surface area contributed by atoms with Gasteiger partial charge >= 0.3 is 11.9 Å². The predicted molar refractivity (Wildman–Crippen MR) is 134 cm³/mol. The van der Waals surface area contributed by atoms with Crippen LogP contribution in [0.15, 0.2) is 12.2 Å². The van der Waals surface area contributed by atoms with Crippen molar-refractivity contribution in [3.63, 3.8) is 0 Å². The number of carboxylic acid groups (broad SMARTS) is 1. The number of rotatable bonds is 22. The highest BCUT2D eigenvalue weighted by Gasteiger charge is 2.24. The number of esters is 1. The van der Waals surface area contributed by atoms with Gasteiger partial charge in [-0.2, -0.15) is 0 Å². The van der Waals surface area contributed by atoms with E-state index >= 15 is 0 Å². The Bertz CT molecular complexity index is 496. The maximum Gasteiger partial charge on any atom is 0.307 e. The first-order chi connectivity index (χ1) is 15.2. The lowest BCUT2D eigenvalue weighted by Crippen LogP contribution is -2.43. The Morgan fingerprint density at radius 1 is 0.781 bits per heavy atom. The number of carbonyl (C=O) groups excluding carboxylic acids is 1. The molecule has 0 radical (unpaired) electrons. The minimum atomic E-state index is -0.926. The van der Waals surface area contributed by atoms with Crippen LogP contribution in [0.25, 0.3) is 0 Å². The number of hydrogen-bond donors (Lipinski definition) is 1. The zero-order valence-corrected chi connectivity index (χ0v) is 21.6. The molecule has 0 amide bonds. The quantitative estimate of drug-likeness (QED) is 0.0836. The molecule has 0 aromatic heterocycles. The average Bonchev–Trinajstić information content (AvgIpc) is 2.68. The van der Waals surface area contributed by atoms with Crippen molar-refractivity contribution in [1.29, 1.82) is 0 Å². The lowest BCUT2D eigenvalue weighted by atomic mass is 10.1. The number of quaternary nitrogens is 1. The number of nitrogens with zero attached hydrogens (tertiary/aromatic N) is 1. The molecule has 0 fully saturated rings. The summed E-state index contributed by atoms with van der Waals surface area (Å²) >= 11 is 0. The highest BCUT2D eigenvalue weighted by Crippen LogP contribution is 2.13. The number of carbonyl (C=O) groups is 2. The molecule has 1 N–H and O–H groups in total. The second kappa shape index (κ2) is 20.3. The maximum atomic E-state index is 12.1. The van der Waals surface area contributed by atoms with E-state index in [1.807, 2.05) is 21.1 Å². The SMILES string of the molecule is CCCCCCCC/C=C\CCCCCCCCCC(=O)OC(CC(=O)O)C[N+](C)(C)C. The summed E-state index contributed by atoms with van der Waals surface area (Å²) in [6.07, 6.45) is 23.1. The first-order valence-electron chi connectivity index (χ1n) is 13.1. The second-order valence-electron chi connectivity index (χ2n) is 10.2. The molecule has 0 aliphatic carbocycles. The van der Waals surface area contributed by atoms with Gasteiger partial charge in [0.05, 0.1) is 27.6 Å². The van der Waals surface area contributed by atoms with E-state index in [0.717, 1.165) is 19.3 Å². The summed E-state index contributed by atoms with van der Waals surface area (Å²) in [5, 5.41) is 9.02. The van der Waals surface area contributed by atoms with Gasteiger partial charge in [0.15, 0.2) is 6.10 Å². The molecule has 0 spiro atoms. The van der Waals surface area contributed by atoms with E-state index in [-0.39, 0.29) is 12.4 Å². The van der Waals surface area contributed by atoms with Crippen molar-refractivity contribution in [1.82, 2.24) is 0 Å². The van der Waals surface area contributed by atoms with Crippen LogP contribution >= 0.6 is 0 Å². The summed E-state index contributed by atoms with van der Waals surface area (Å²) in [5.41, 5.74) is 0. The van der Waals surface area contributed by atoms with Gasteiger partial charge in [0.1, 0.15) is 6.54 Å². The molecule has 0 aromatic rings. The van der Waals surface area contributed by atoms with Crippen molar-refractivity contribution in [2.75, 3.05) is 27.7 Å².